The van der Waals surface area contributed by atoms with Gasteiger partial charge in [-0.2, -0.15) is 0 Å². The van der Waals surface area contributed by atoms with E-state index in [1.54, 1.807) is 13.2 Å². The standard InChI is InChI=1S/C5H11BO3/c1-9-5-3-2-4-6(7)8/h2,4,7-8H,3,5H2,1H3/b4-2+. The Morgan fingerprint density at radius 2 is 2.22 bits per heavy atom. The van der Waals surface area contributed by atoms with E-state index in [0.717, 1.165) is 0 Å². The monoisotopic (exact) mass is 130 g/mol. The lowest BCUT2D eigenvalue weighted by Gasteiger charge is -1.89. The summed E-state index contributed by atoms with van der Waals surface area (Å²) in [7, 11) is 0.269. The van der Waals surface area contributed by atoms with Gasteiger partial charge in [-0.25, -0.2) is 0 Å². The Hall–Kier alpha value is -0.315. The molecule has 0 saturated heterocycles. The van der Waals surface area contributed by atoms with E-state index in [0.29, 0.717) is 13.0 Å². The van der Waals surface area contributed by atoms with E-state index in [1.807, 2.05) is 0 Å². The van der Waals surface area contributed by atoms with E-state index in [9.17, 15) is 0 Å². The molecule has 52 valence electrons. The van der Waals surface area contributed by atoms with Crippen molar-refractivity contribution < 1.29 is 14.8 Å². The van der Waals surface area contributed by atoms with Gasteiger partial charge in [-0.15, -0.1) is 0 Å². The van der Waals surface area contributed by atoms with Gasteiger partial charge in [-0.1, -0.05) is 12.1 Å². The van der Waals surface area contributed by atoms with Crippen LogP contribution in [0.15, 0.2) is 12.1 Å². The molecule has 2 N–H and O–H groups in total. The molecular formula is C5H11BO3. The first-order valence-electron chi connectivity index (χ1n) is 2.79. The quantitative estimate of drug-likeness (QED) is 0.401. The van der Waals surface area contributed by atoms with Crippen LogP contribution < -0.4 is 0 Å². The number of hydrogen-bond acceptors (Lipinski definition) is 3. The summed E-state index contributed by atoms with van der Waals surface area (Å²) in [5.41, 5.74) is 0. The molecular weight excluding hydrogens is 119 g/mol. The van der Waals surface area contributed by atoms with Gasteiger partial charge in [0, 0.05) is 13.7 Å². The van der Waals surface area contributed by atoms with Crippen LogP contribution in [0.3, 0.4) is 0 Å². The lowest BCUT2D eigenvalue weighted by Crippen LogP contribution is -2.05. The summed E-state index contributed by atoms with van der Waals surface area (Å²) >= 11 is 0. The van der Waals surface area contributed by atoms with Crippen molar-refractivity contribution in [1.29, 1.82) is 0 Å². The molecule has 0 heterocycles. The number of ether oxygens (including phenoxy) is 1. The van der Waals surface area contributed by atoms with Crippen LogP contribution in [0, 0.1) is 0 Å². The van der Waals surface area contributed by atoms with Crippen molar-refractivity contribution in [3.8, 4) is 0 Å². The summed E-state index contributed by atoms with van der Waals surface area (Å²) in [6.45, 7) is 0.614. The van der Waals surface area contributed by atoms with Crippen molar-refractivity contribution >= 4 is 7.12 Å². The summed E-state index contributed by atoms with van der Waals surface area (Å²) in [6, 6.07) is 0. The van der Waals surface area contributed by atoms with Crippen LogP contribution in [-0.4, -0.2) is 30.9 Å². The first-order chi connectivity index (χ1) is 4.27. The first-order valence-corrected chi connectivity index (χ1v) is 2.79. The Bertz CT molecular complexity index is 82.3. The normalized spacial score (nSPS) is 10.6. The maximum atomic E-state index is 8.28. The Labute approximate surface area is 55.1 Å². The highest BCUT2D eigenvalue weighted by Crippen LogP contribution is 1.83. The molecule has 0 amide bonds. The van der Waals surface area contributed by atoms with Crippen LogP contribution >= 0.6 is 0 Å². The van der Waals surface area contributed by atoms with Crippen molar-refractivity contribution in [2.24, 2.45) is 0 Å². The van der Waals surface area contributed by atoms with Crippen LogP contribution in [0.2, 0.25) is 0 Å². The Morgan fingerprint density at radius 3 is 2.67 bits per heavy atom. The first kappa shape index (κ1) is 8.68. The molecule has 0 aromatic carbocycles. The molecule has 0 rings (SSSR count). The third kappa shape index (κ3) is 7.68. The smallest absolute Gasteiger partial charge is 0.424 e. The molecule has 0 aliphatic carbocycles. The summed E-state index contributed by atoms with van der Waals surface area (Å²) in [5, 5.41) is 16.6. The fourth-order valence-electron chi connectivity index (χ4n) is 0.404. The van der Waals surface area contributed by atoms with Crippen molar-refractivity contribution in [3.63, 3.8) is 0 Å². The Kier molecular flexibility index (Phi) is 5.61. The maximum Gasteiger partial charge on any atom is 0.480 e. The predicted molar refractivity (Wildman–Crippen MR) is 35.8 cm³/mol. The molecule has 0 aromatic heterocycles. The second-order valence-corrected chi connectivity index (χ2v) is 1.62. The van der Waals surface area contributed by atoms with Crippen LogP contribution in [0.5, 0.6) is 0 Å². The molecule has 4 heteroatoms. The van der Waals surface area contributed by atoms with Gasteiger partial charge in [0.2, 0.25) is 0 Å². The molecule has 0 saturated carbocycles. The summed E-state index contributed by atoms with van der Waals surface area (Å²) < 4.78 is 4.71. The minimum Gasteiger partial charge on any atom is -0.424 e. The van der Waals surface area contributed by atoms with Crippen LogP contribution in [0.1, 0.15) is 6.42 Å². The van der Waals surface area contributed by atoms with Gasteiger partial charge in [0.15, 0.2) is 0 Å². The molecule has 0 radical (unpaired) electrons. The predicted octanol–water partition coefficient (Wildman–Crippen LogP) is -0.409. The van der Waals surface area contributed by atoms with Crippen molar-refractivity contribution in [1.82, 2.24) is 0 Å². The van der Waals surface area contributed by atoms with Gasteiger partial charge in [0.25, 0.3) is 0 Å². The van der Waals surface area contributed by atoms with Gasteiger partial charge >= 0.3 is 7.12 Å². The second-order valence-electron chi connectivity index (χ2n) is 1.62. The van der Waals surface area contributed by atoms with E-state index in [2.05, 4.69) is 0 Å². The highest BCUT2D eigenvalue weighted by Gasteiger charge is 1.95. The van der Waals surface area contributed by atoms with E-state index >= 15 is 0 Å². The highest BCUT2D eigenvalue weighted by atomic mass is 16.5. The lowest BCUT2D eigenvalue weighted by molar-refractivity contribution is 0.204. The van der Waals surface area contributed by atoms with Crippen molar-refractivity contribution in [3.05, 3.63) is 12.1 Å². The Balaban J connectivity index is 3.04. The van der Waals surface area contributed by atoms with Gasteiger partial charge in [-0.3, -0.25) is 0 Å². The van der Waals surface area contributed by atoms with E-state index in [1.165, 1.54) is 5.98 Å². The summed E-state index contributed by atoms with van der Waals surface area (Å²) in [4.78, 5) is 0. The SMILES string of the molecule is COCC/C=C/B(O)O. The molecule has 0 aliphatic heterocycles. The van der Waals surface area contributed by atoms with Gasteiger partial charge in [-0.05, 0) is 6.42 Å². The number of methoxy groups -OCH3 is 1. The molecule has 0 aromatic rings. The maximum absolute atomic E-state index is 8.28. The topological polar surface area (TPSA) is 49.7 Å². The zero-order chi connectivity index (χ0) is 7.11. The summed E-state index contributed by atoms with van der Waals surface area (Å²) in [5.74, 6) is 1.30. The Morgan fingerprint density at radius 1 is 1.56 bits per heavy atom. The van der Waals surface area contributed by atoms with Gasteiger partial charge in [0.1, 0.15) is 0 Å². The molecule has 0 spiro atoms. The third-order valence-electron chi connectivity index (χ3n) is 0.797. The number of rotatable bonds is 4. The average Bonchev–Trinajstić information content (AvgIpc) is 1.80. The minimum absolute atomic E-state index is 0.614. The van der Waals surface area contributed by atoms with Crippen molar-refractivity contribution in [2.45, 2.75) is 6.42 Å². The van der Waals surface area contributed by atoms with Gasteiger partial charge in [0.05, 0.1) is 0 Å². The molecule has 0 aliphatic rings. The molecule has 0 fully saturated rings. The molecule has 3 nitrogen and oxygen atoms in total. The van der Waals surface area contributed by atoms with E-state index in [4.69, 9.17) is 14.8 Å². The second kappa shape index (κ2) is 5.82. The fourth-order valence-corrected chi connectivity index (χ4v) is 0.404. The molecule has 0 unspecified atom stereocenters. The zero-order valence-electron chi connectivity index (χ0n) is 5.45. The fraction of sp³-hybridized carbons (Fsp3) is 0.600. The zero-order valence-corrected chi connectivity index (χ0v) is 5.45. The summed E-state index contributed by atoms with van der Waals surface area (Å²) in [6.07, 6.45) is 2.38. The number of hydrogen-bond donors (Lipinski definition) is 2. The van der Waals surface area contributed by atoms with Crippen molar-refractivity contribution in [2.75, 3.05) is 13.7 Å². The average molecular weight is 130 g/mol. The van der Waals surface area contributed by atoms with E-state index < -0.39 is 7.12 Å². The van der Waals surface area contributed by atoms with Gasteiger partial charge < -0.3 is 14.8 Å². The van der Waals surface area contributed by atoms with Crippen LogP contribution in [0.25, 0.3) is 0 Å². The molecule has 0 atom stereocenters. The van der Waals surface area contributed by atoms with E-state index in [-0.39, 0.29) is 0 Å². The minimum atomic E-state index is -1.33. The van der Waals surface area contributed by atoms with Crippen LogP contribution in [-0.2, 0) is 4.74 Å². The molecule has 0 bridgehead atoms. The largest absolute Gasteiger partial charge is 0.480 e. The third-order valence-corrected chi connectivity index (χ3v) is 0.797. The lowest BCUT2D eigenvalue weighted by atomic mass is 9.91. The molecule has 9 heavy (non-hydrogen) atoms. The van der Waals surface area contributed by atoms with Crippen LogP contribution in [0.4, 0.5) is 0 Å². The highest BCUT2D eigenvalue weighted by molar-refractivity contribution is 6.47.